The number of nitrogens with zero attached hydrogens (tertiary/aromatic N) is 2. The first-order valence-corrected chi connectivity index (χ1v) is 11.5. The highest BCUT2D eigenvalue weighted by molar-refractivity contribution is 7.89. The summed E-state index contributed by atoms with van der Waals surface area (Å²) in [6.45, 7) is 0.950. The predicted molar refractivity (Wildman–Crippen MR) is 113 cm³/mol. The first kappa shape index (κ1) is 21.3. The molecule has 2 aromatic rings. The van der Waals surface area contributed by atoms with Gasteiger partial charge in [-0.15, -0.1) is 0 Å². The summed E-state index contributed by atoms with van der Waals surface area (Å²) in [6.07, 6.45) is 1.14. The van der Waals surface area contributed by atoms with Gasteiger partial charge in [0.1, 0.15) is 0 Å². The molecule has 2 aromatic carbocycles. The van der Waals surface area contributed by atoms with Crippen LogP contribution in [0.5, 0.6) is 11.5 Å². The van der Waals surface area contributed by atoms with Gasteiger partial charge in [-0.3, -0.25) is 14.5 Å². The molecule has 0 aromatic heterocycles. The Kier molecular flexibility index (Phi) is 5.72. The lowest BCUT2D eigenvalue weighted by Crippen LogP contribution is -2.42. The van der Waals surface area contributed by atoms with Gasteiger partial charge < -0.3 is 9.47 Å². The summed E-state index contributed by atoms with van der Waals surface area (Å²) in [7, 11) is -0.737. The average Bonchev–Trinajstić information content (AvgIpc) is 3.04. The average molecular weight is 445 g/mol. The van der Waals surface area contributed by atoms with E-state index in [0.29, 0.717) is 55.1 Å². The van der Waals surface area contributed by atoms with Gasteiger partial charge in [-0.1, -0.05) is 12.1 Å². The zero-order valence-corrected chi connectivity index (χ0v) is 18.2. The Hall–Kier alpha value is -2.91. The molecule has 2 aliphatic heterocycles. The number of hydrogen-bond donors (Lipinski definition) is 0. The van der Waals surface area contributed by atoms with Crippen LogP contribution in [0.2, 0.25) is 0 Å². The number of carbonyl (C=O) groups excluding carboxylic acids is 2. The highest BCUT2D eigenvalue weighted by Gasteiger charge is 2.38. The van der Waals surface area contributed by atoms with Crippen LogP contribution in [-0.4, -0.2) is 63.3 Å². The largest absolute Gasteiger partial charge is 0.493 e. The molecule has 0 radical (unpaired) electrons. The predicted octanol–water partition coefficient (Wildman–Crippen LogP) is 2.40. The van der Waals surface area contributed by atoms with E-state index < -0.39 is 10.0 Å². The Bertz CT molecular complexity index is 1090. The molecule has 0 spiro atoms. The van der Waals surface area contributed by atoms with Crippen molar-refractivity contribution >= 4 is 21.8 Å². The minimum atomic E-state index is -3.69. The van der Waals surface area contributed by atoms with Crippen LogP contribution < -0.4 is 9.47 Å². The molecular weight excluding hydrogens is 420 g/mol. The molecule has 1 saturated heterocycles. The Morgan fingerprint density at radius 3 is 2.03 bits per heavy atom. The first-order valence-electron chi connectivity index (χ1n) is 10.0. The van der Waals surface area contributed by atoms with Crippen LogP contribution in [0, 0.1) is 5.92 Å². The number of fused-ring (bicyclic) bond motifs is 1. The summed E-state index contributed by atoms with van der Waals surface area (Å²) < 4.78 is 38.0. The van der Waals surface area contributed by atoms with Crippen LogP contribution >= 0.6 is 0 Å². The molecule has 0 atom stereocenters. The van der Waals surface area contributed by atoms with Gasteiger partial charge in [-0.05, 0) is 43.0 Å². The summed E-state index contributed by atoms with van der Waals surface area (Å²) in [5, 5.41) is 0. The standard InChI is InChI=1S/C22H24N2O6S/c1-29-19-8-7-16(13-20(19)30-2)31(27,28)23-11-9-15(10-12-23)14-24-21(25)17-5-3-4-6-18(17)22(24)26/h3-8,13,15H,9-12,14H2,1-2H3. The Labute approximate surface area is 181 Å². The van der Waals surface area contributed by atoms with E-state index in [9.17, 15) is 18.0 Å². The molecule has 0 N–H and O–H groups in total. The molecule has 8 nitrogen and oxygen atoms in total. The van der Waals surface area contributed by atoms with Gasteiger partial charge in [-0.2, -0.15) is 4.31 Å². The van der Waals surface area contributed by atoms with Gasteiger partial charge in [0.05, 0.1) is 30.2 Å². The third kappa shape index (κ3) is 3.79. The summed E-state index contributed by atoms with van der Waals surface area (Å²) in [6, 6.07) is 11.3. The zero-order valence-electron chi connectivity index (χ0n) is 17.4. The quantitative estimate of drug-likeness (QED) is 0.635. The maximum Gasteiger partial charge on any atom is 0.261 e. The summed E-state index contributed by atoms with van der Waals surface area (Å²) in [4.78, 5) is 26.6. The maximum atomic E-state index is 13.1. The molecule has 9 heteroatoms. The topological polar surface area (TPSA) is 93.2 Å². The van der Waals surface area contributed by atoms with Gasteiger partial charge in [-0.25, -0.2) is 8.42 Å². The second-order valence-corrected chi connectivity index (χ2v) is 9.57. The molecular formula is C22H24N2O6S. The van der Waals surface area contributed by atoms with Gasteiger partial charge >= 0.3 is 0 Å². The lowest BCUT2D eigenvalue weighted by molar-refractivity contribution is 0.0611. The number of carbonyl (C=O) groups is 2. The maximum absolute atomic E-state index is 13.1. The highest BCUT2D eigenvalue weighted by Crippen LogP contribution is 2.32. The highest BCUT2D eigenvalue weighted by atomic mass is 32.2. The molecule has 2 heterocycles. The van der Waals surface area contributed by atoms with Crippen molar-refractivity contribution in [1.82, 2.24) is 9.21 Å². The SMILES string of the molecule is COc1ccc(S(=O)(=O)N2CCC(CN3C(=O)c4ccccc4C3=O)CC2)cc1OC. The molecule has 1 fully saturated rings. The molecule has 0 aliphatic carbocycles. The van der Waals surface area contributed by atoms with E-state index in [-0.39, 0.29) is 22.6 Å². The van der Waals surface area contributed by atoms with Crippen LogP contribution in [0.15, 0.2) is 47.4 Å². The van der Waals surface area contributed by atoms with Crippen LogP contribution in [-0.2, 0) is 10.0 Å². The zero-order chi connectivity index (χ0) is 22.2. The fraction of sp³-hybridized carbons (Fsp3) is 0.364. The number of piperidine rings is 1. The molecule has 31 heavy (non-hydrogen) atoms. The molecule has 0 bridgehead atoms. The van der Waals surface area contributed by atoms with E-state index in [0.717, 1.165) is 0 Å². The fourth-order valence-corrected chi connectivity index (χ4v) is 5.61. The normalized spacial score (nSPS) is 17.7. The van der Waals surface area contributed by atoms with Crippen molar-refractivity contribution in [2.45, 2.75) is 17.7 Å². The molecule has 164 valence electrons. The van der Waals surface area contributed by atoms with Crippen LogP contribution in [0.4, 0.5) is 0 Å². The molecule has 2 aliphatic rings. The van der Waals surface area contributed by atoms with E-state index >= 15 is 0 Å². The van der Waals surface area contributed by atoms with Gasteiger partial charge in [0.15, 0.2) is 11.5 Å². The van der Waals surface area contributed by atoms with E-state index in [4.69, 9.17) is 9.47 Å². The van der Waals surface area contributed by atoms with Crippen molar-refractivity contribution in [2.24, 2.45) is 5.92 Å². The van der Waals surface area contributed by atoms with E-state index in [1.165, 1.54) is 35.6 Å². The lowest BCUT2D eigenvalue weighted by atomic mass is 9.97. The molecule has 4 rings (SSSR count). The smallest absolute Gasteiger partial charge is 0.261 e. The fourth-order valence-electron chi connectivity index (χ4n) is 4.12. The van der Waals surface area contributed by atoms with E-state index in [1.54, 1.807) is 30.3 Å². The van der Waals surface area contributed by atoms with Crippen molar-refractivity contribution < 1.29 is 27.5 Å². The van der Waals surface area contributed by atoms with Crippen molar-refractivity contribution in [3.63, 3.8) is 0 Å². The van der Waals surface area contributed by atoms with Crippen molar-refractivity contribution in [3.05, 3.63) is 53.6 Å². The molecule has 0 unspecified atom stereocenters. The Morgan fingerprint density at radius 1 is 0.903 bits per heavy atom. The second kappa shape index (κ2) is 8.32. The number of sulfonamides is 1. The Morgan fingerprint density at radius 2 is 1.48 bits per heavy atom. The number of imide groups is 1. The van der Waals surface area contributed by atoms with Crippen molar-refractivity contribution in [3.8, 4) is 11.5 Å². The lowest BCUT2D eigenvalue weighted by Gasteiger charge is -2.32. The van der Waals surface area contributed by atoms with Gasteiger partial charge in [0.25, 0.3) is 11.8 Å². The number of amides is 2. The third-order valence-corrected chi connectivity index (χ3v) is 7.78. The van der Waals surface area contributed by atoms with E-state index in [2.05, 4.69) is 0 Å². The first-order chi connectivity index (χ1) is 14.9. The number of ether oxygens (including phenoxy) is 2. The third-order valence-electron chi connectivity index (χ3n) is 5.89. The van der Waals surface area contributed by atoms with Crippen LogP contribution in [0.1, 0.15) is 33.6 Å². The summed E-state index contributed by atoms with van der Waals surface area (Å²) >= 11 is 0. The minimum absolute atomic E-state index is 0.0547. The molecule has 2 amide bonds. The molecule has 0 saturated carbocycles. The van der Waals surface area contributed by atoms with E-state index in [1.807, 2.05) is 0 Å². The number of benzene rings is 2. The second-order valence-electron chi connectivity index (χ2n) is 7.63. The Balaban J connectivity index is 1.42. The summed E-state index contributed by atoms with van der Waals surface area (Å²) in [5.74, 6) is 0.311. The monoisotopic (exact) mass is 444 g/mol. The number of methoxy groups -OCH3 is 2. The van der Waals surface area contributed by atoms with Crippen LogP contribution in [0.3, 0.4) is 0 Å². The van der Waals surface area contributed by atoms with Crippen LogP contribution in [0.25, 0.3) is 0 Å². The van der Waals surface area contributed by atoms with Gasteiger partial charge in [0, 0.05) is 25.7 Å². The van der Waals surface area contributed by atoms with Crippen molar-refractivity contribution in [1.29, 1.82) is 0 Å². The van der Waals surface area contributed by atoms with Crippen molar-refractivity contribution in [2.75, 3.05) is 33.9 Å². The van der Waals surface area contributed by atoms with Gasteiger partial charge in [0.2, 0.25) is 10.0 Å². The minimum Gasteiger partial charge on any atom is -0.493 e. The number of hydrogen-bond acceptors (Lipinski definition) is 6. The summed E-state index contributed by atoms with van der Waals surface area (Å²) in [5.41, 5.74) is 0.863. The number of rotatable bonds is 6.